The van der Waals surface area contributed by atoms with Crippen molar-refractivity contribution < 1.29 is 0 Å². The zero-order valence-corrected chi connectivity index (χ0v) is 14.2. The Balaban J connectivity index is 1.72. The first-order valence-electron chi connectivity index (χ1n) is 8.65. The number of benzene rings is 3. The highest BCUT2D eigenvalue weighted by Gasteiger charge is 2.14. The van der Waals surface area contributed by atoms with Gasteiger partial charge in [-0.25, -0.2) is 0 Å². The van der Waals surface area contributed by atoms with E-state index in [1.54, 1.807) is 0 Å². The van der Waals surface area contributed by atoms with E-state index >= 15 is 0 Å². The molecule has 122 valence electrons. The fourth-order valence-electron chi connectivity index (χ4n) is 3.24. The second kappa shape index (κ2) is 6.78. The summed E-state index contributed by atoms with van der Waals surface area (Å²) in [5.41, 5.74) is 8.21. The molecule has 0 aliphatic rings. The standard InChI is InChI=1S/C23H20N2/c1-2-21-22(19-11-7-4-8-12-19)24-25-23(21)20-15-13-18(14-16-20)17-9-5-3-6-10-17/h3-16H,2H2,1H3,(H,24,25). The van der Waals surface area contributed by atoms with Gasteiger partial charge in [0.05, 0.1) is 11.4 Å². The van der Waals surface area contributed by atoms with Crippen LogP contribution in [-0.2, 0) is 6.42 Å². The molecule has 0 aliphatic carbocycles. The van der Waals surface area contributed by atoms with Crippen LogP contribution in [0.3, 0.4) is 0 Å². The number of H-pyrrole nitrogens is 1. The largest absolute Gasteiger partial charge is 0.277 e. The highest BCUT2D eigenvalue weighted by atomic mass is 15.1. The van der Waals surface area contributed by atoms with Crippen molar-refractivity contribution in [1.29, 1.82) is 0 Å². The average molecular weight is 324 g/mol. The summed E-state index contributed by atoms with van der Waals surface area (Å²) in [5.74, 6) is 0. The number of nitrogens with one attached hydrogen (secondary N) is 1. The molecule has 0 fully saturated rings. The average Bonchev–Trinajstić information content (AvgIpc) is 3.13. The molecule has 0 unspecified atom stereocenters. The third-order valence-corrected chi connectivity index (χ3v) is 4.55. The van der Waals surface area contributed by atoms with Gasteiger partial charge in [0.1, 0.15) is 0 Å². The molecule has 0 saturated carbocycles. The van der Waals surface area contributed by atoms with Crippen molar-refractivity contribution in [2.45, 2.75) is 13.3 Å². The SMILES string of the molecule is CCc1c(-c2ccccc2)n[nH]c1-c1ccc(-c2ccccc2)cc1. The molecule has 1 heterocycles. The summed E-state index contributed by atoms with van der Waals surface area (Å²) in [6, 6.07) is 29.5. The van der Waals surface area contributed by atoms with E-state index in [4.69, 9.17) is 0 Å². The van der Waals surface area contributed by atoms with Gasteiger partial charge in [-0.05, 0) is 23.1 Å². The van der Waals surface area contributed by atoms with E-state index in [1.165, 1.54) is 22.3 Å². The maximum absolute atomic E-state index is 4.59. The molecule has 0 bridgehead atoms. The smallest absolute Gasteiger partial charge is 0.0959 e. The lowest BCUT2D eigenvalue weighted by Crippen LogP contribution is -1.87. The Morgan fingerprint density at radius 3 is 1.76 bits per heavy atom. The second-order valence-corrected chi connectivity index (χ2v) is 6.09. The van der Waals surface area contributed by atoms with Gasteiger partial charge >= 0.3 is 0 Å². The van der Waals surface area contributed by atoms with Crippen LogP contribution < -0.4 is 0 Å². The van der Waals surface area contributed by atoms with Crippen LogP contribution >= 0.6 is 0 Å². The van der Waals surface area contributed by atoms with Gasteiger partial charge in [0.15, 0.2) is 0 Å². The number of aromatic amines is 1. The third-order valence-electron chi connectivity index (χ3n) is 4.55. The van der Waals surface area contributed by atoms with Gasteiger partial charge in [0.25, 0.3) is 0 Å². The Labute approximate surface area is 148 Å². The van der Waals surface area contributed by atoms with Gasteiger partial charge in [-0.15, -0.1) is 0 Å². The first kappa shape index (κ1) is 15.4. The molecule has 0 spiro atoms. The summed E-state index contributed by atoms with van der Waals surface area (Å²) >= 11 is 0. The van der Waals surface area contributed by atoms with E-state index in [-0.39, 0.29) is 0 Å². The summed E-state index contributed by atoms with van der Waals surface area (Å²) < 4.78 is 0. The molecule has 0 radical (unpaired) electrons. The van der Waals surface area contributed by atoms with Gasteiger partial charge in [0.2, 0.25) is 0 Å². The van der Waals surface area contributed by atoms with Crippen LogP contribution in [-0.4, -0.2) is 10.2 Å². The van der Waals surface area contributed by atoms with E-state index in [1.807, 2.05) is 12.1 Å². The Bertz CT molecular complexity index is 952. The number of rotatable bonds is 4. The molecule has 1 aromatic heterocycles. The van der Waals surface area contributed by atoms with Crippen LogP contribution in [0.4, 0.5) is 0 Å². The van der Waals surface area contributed by atoms with E-state index in [2.05, 4.69) is 89.9 Å². The van der Waals surface area contributed by atoms with Crippen LogP contribution in [0, 0.1) is 0 Å². The van der Waals surface area contributed by atoms with Crippen LogP contribution in [0.25, 0.3) is 33.6 Å². The molecule has 0 amide bonds. The van der Waals surface area contributed by atoms with Crippen molar-refractivity contribution in [3.63, 3.8) is 0 Å². The maximum atomic E-state index is 4.59. The van der Waals surface area contributed by atoms with Crippen molar-refractivity contribution in [2.75, 3.05) is 0 Å². The fraction of sp³-hybridized carbons (Fsp3) is 0.0870. The first-order valence-corrected chi connectivity index (χ1v) is 8.65. The lowest BCUT2D eigenvalue weighted by atomic mass is 9.98. The van der Waals surface area contributed by atoms with E-state index in [0.29, 0.717) is 0 Å². The molecule has 4 rings (SSSR count). The molecule has 3 aromatic carbocycles. The van der Waals surface area contributed by atoms with Gasteiger partial charge in [-0.3, -0.25) is 5.10 Å². The number of hydrogen-bond acceptors (Lipinski definition) is 1. The molecule has 2 nitrogen and oxygen atoms in total. The lowest BCUT2D eigenvalue weighted by Gasteiger charge is -2.06. The molecule has 25 heavy (non-hydrogen) atoms. The monoisotopic (exact) mass is 324 g/mol. The van der Waals surface area contributed by atoms with Crippen molar-refractivity contribution in [1.82, 2.24) is 10.2 Å². The topological polar surface area (TPSA) is 28.7 Å². The van der Waals surface area contributed by atoms with Gasteiger partial charge in [0, 0.05) is 11.1 Å². The fourth-order valence-corrected chi connectivity index (χ4v) is 3.24. The second-order valence-electron chi connectivity index (χ2n) is 6.09. The van der Waals surface area contributed by atoms with Crippen molar-refractivity contribution in [3.8, 4) is 33.6 Å². The zero-order valence-electron chi connectivity index (χ0n) is 14.2. The Kier molecular flexibility index (Phi) is 4.17. The molecular formula is C23H20N2. The molecule has 0 aliphatic heterocycles. The Hall–Kier alpha value is -3.13. The maximum Gasteiger partial charge on any atom is 0.0959 e. The minimum atomic E-state index is 0.941. The van der Waals surface area contributed by atoms with Crippen LogP contribution in [0.5, 0.6) is 0 Å². The van der Waals surface area contributed by atoms with Crippen LogP contribution in [0.2, 0.25) is 0 Å². The van der Waals surface area contributed by atoms with E-state index in [9.17, 15) is 0 Å². The quantitative estimate of drug-likeness (QED) is 0.492. The van der Waals surface area contributed by atoms with E-state index in [0.717, 1.165) is 23.4 Å². The van der Waals surface area contributed by atoms with Crippen LogP contribution in [0.1, 0.15) is 12.5 Å². The first-order chi connectivity index (χ1) is 12.4. The molecule has 0 saturated heterocycles. The number of nitrogens with zero attached hydrogens (tertiary/aromatic N) is 1. The van der Waals surface area contributed by atoms with E-state index < -0.39 is 0 Å². The molecule has 4 aromatic rings. The summed E-state index contributed by atoms with van der Waals surface area (Å²) in [6.45, 7) is 2.18. The van der Waals surface area contributed by atoms with Crippen molar-refractivity contribution in [2.24, 2.45) is 0 Å². The van der Waals surface area contributed by atoms with Crippen LogP contribution in [0.15, 0.2) is 84.9 Å². The summed E-state index contributed by atoms with van der Waals surface area (Å²) in [6.07, 6.45) is 0.941. The van der Waals surface area contributed by atoms with Crippen molar-refractivity contribution >= 4 is 0 Å². The minimum absolute atomic E-state index is 0.941. The van der Waals surface area contributed by atoms with Crippen molar-refractivity contribution in [3.05, 3.63) is 90.5 Å². The van der Waals surface area contributed by atoms with Gasteiger partial charge in [-0.1, -0.05) is 91.9 Å². The number of hydrogen-bond donors (Lipinski definition) is 1. The normalized spacial score (nSPS) is 10.8. The molecule has 1 N–H and O–H groups in total. The lowest BCUT2D eigenvalue weighted by molar-refractivity contribution is 1.10. The van der Waals surface area contributed by atoms with Gasteiger partial charge < -0.3 is 0 Å². The summed E-state index contributed by atoms with van der Waals surface area (Å²) in [7, 11) is 0. The highest BCUT2D eigenvalue weighted by molar-refractivity contribution is 5.75. The minimum Gasteiger partial charge on any atom is -0.277 e. The molecule has 2 heteroatoms. The summed E-state index contributed by atoms with van der Waals surface area (Å²) in [4.78, 5) is 0. The zero-order chi connectivity index (χ0) is 17.1. The third kappa shape index (κ3) is 2.99. The highest BCUT2D eigenvalue weighted by Crippen LogP contribution is 2.31. The predicted molar refractivity (Wildman–Crippen MR) is 104 cm³/mol. The van der Waals surface area contributed by atoms with Gasteiger partial charge in [-0.2, -0.15) is 5.10 Å². The Morgan fingerprint density at radius 2 is 1.16 bits per heavy atom. The predicted octanol–water partition coefficient (Wildman–Crippen LogP) is 5.97. The molecular weight excluding hydrogens is 304 g/mol. The molecule has 0 atom stereocenters. The summed E-state index contributed by atoms with van der Waals surface area (Å²) in [5, 5.41) is 7.84. The Morgan fingerprint density at radius 1 is 0.640 bits per heavy atom. The number of aromatic nitrogens is 2.